The summed E-state index contributed by atoms with van der Waals surface area (Å²) >= 11 is 0. The number of rotatable bonds is 5. The number of amides is 1. The smallest absolute Gasteiger partial charge is 0.224 e. The minimum absolute atomic E-state index is 0.0131. The van der Waals surface area contributed by atoms with Crippen molar-refractivity contribution in [3.05, 3.63) is 65.4 Å². The Morgan fingerprint density at radius 1 is 1.00 bits per heavy atom. The molecule has 0 radical (unpaired) electrons. The van der Waals surface area contributed by atoms with Crippen LogP contribution >= 0.6 is 0 Å². The summed E-state index contributed by atoms with van der Waals surface area (Å²) < 4.78 is 0. The maximum absolute atomic E-state index is 12.2. The van der Waals surface area contributed by atoms with Gasteiger partial charge in [0.1, 0.15) is 0 Å². The van der Waals surface area contributed by atoms with Crippen LogP contribution in [-0.2, 0) is 4.79 Å². The van der Waals surface area contributed by atoms with Crippen molar-refractivity contribution in [2.45, 2.75) is 26.7 Å². The molecular weight excluding hydrogens is 300 g/mol. The SMILES string of the molecule is Cc1ccc(C(=O)CCC(=O)Nc2cccc3[nH]c(C)cc23)cc1. The molecule has 4 nitrogen and oxygen atoms in total. The monoisotopic (exact) mass is 320 g/mol. The molecule has 1 amide bonds. The van der Waals surface area contributed by atoms with Gasteiger partial charge in [0.2, 0.25) is 5.91 Å². The van der Waals surface area contributed by atoms with Gasteiger partial charge >= 0.3 is 0 Å². The maximum Gasteiger partial charge on any atom is 0.224 e. The van der Waals surface area contributed by atoms with Gasteiger partial charge in [0.25, 0.3) is 0 Å². The Morgan fingerprint density at radius 3 is 2.50 bits per heavy atom. The molecule has 1 aromatic heterocycles. The zero-order valence-corrected chi connectivity index (χ0v) is 13.8. The number of hydrogen-bond acceptors (Lipinski definition) is 2. The zero-order chi connectivity index (χ0) is 17.1. The second-order valence-electron chi connectivity index (χ2n) is 6.06. The van der Waals surface area contributed by atoms with Gasteiger partial charge in [-0.1, -0.05) is 35.9 Å². The fraction of sp³-hybridized carbons (Fsp3) is 0.200. The quantitative estimate of drug-likeness (QED) is 0.685. The minimum Gasteiger partial charge on any atom is -0.359 e. The third-order valence-corrected chi connectivity index (χ3v) is 4.03. The normalized spacial score (nSPS) is 10.8. The van der Waals surface area contributed by atoms with E-state index in [0.29, 0.717) is 5.56 Å². The number of ketones is 1. The van der Waals surface area contributed by atoms with E-state index in [1.807, 2.05) is 50.2 Å². The van der Waals surface area contributed by atoms with Crippen LogP contribution in [0.5, 0.6) is 0 Å². The first-order chi connectivity index (χ1) is 11.5. The van der Waals surface area contributed by atoms with Crippen molar-refractivity contribution in [2.75, 3.05) is 5.32 Å². The molecular formula is C20H20N2O2. The fourth-order valence-electron chi connectivity index (χ4n) is 2.73. The summed E-state index contributed by atoms with van der Waals surface area (Å²) in [7, 11) is 0. The van der Waals surface area contributed by atoms with Crippen LogP contribution < -0.4 is 5.32 Å². The van der Waals surface area contributed by atoms with Crippen molar-refractivity contribution in [3.8, 4) is 0 Å². The molecule has 3 aromatic rings. The number of nitrogens with one attached hydrogen (secondary N) is 2. The Balaban J connectivity index is 1.63. The number of anilines is 1. The van der Waals surface area contributed by atoms with Crippen molar-refractivity contribution in [3.63, 3.8) is 0 Å². The number of aromatic amines is 1. The van der Waals surface area contributed by atoms with Crippen LogP contribution in [0.3, 0.4) is 0 Å². The number of carbonyl (C=O) groups excluding carboxylic acids is 2. The highest BCUT2D eigenvalue weighted by Crippen LogP contribution is 2.24. The van der Waals surface area contributed by atoms with Crippen molar-refractivity contribution in [2.24, 2.45) is 0 Å². The van der Waals surface area contributed by atoms with E-state index >= 15 is 0 Å². The minimum atomic E-state index is -0.151. The molecule has 4 heteroatoms. The average molecular weight is 320 g/mol. The summed E-state index contributed by atoms with van der Waals surface area (Å²) in [6, 6.07) is 15.2. The summed E-state index contributed by atoms with van der Waals surface area (Å²) in [6.07, 6.45) is 0.379. The van der Waals surface area contributed by atoms with Crippen molar-refractivity contribution < 1.29 is 9.59 Å². The van der Waals surface area contributed by atoms with Crippen LogP contribution in [0, 0.1) is 13.8 Å². The van der Waals surface area contributed by atoms with Gasteiger partial charge in [0, 0.05) is 35.0 Å². The summed E-state index contributed by atoms with van der Waals surface area (Å²) in [5, 5.41) is 3.88. The third kappa shape index (κ3) is 3.54. The fourth-order valence-corrected chi connectivity index (χ4v) is 2.73. The summed E-state index contributed by atoms with van der Waals surface area (Å²) in [4.78, 5) is 27.6. The topological polar surface area (TPSA) is 62.0 Å². The van der Waals surface area contributed by atoms with E-state index in [1.54, 1.807) is 12.1 Å². The van der Waals surface area contributed by atoms with Crippen LogP contribution in [0.4, 0.5) is 5.69 Å². The van der Waals surface area contributed by atoms with Crippen LogP contribution in [-0.4, -0.2) is 16.7 Å². The maximum atomic E-state index is 12.2. The van der Waals surface area contributed by atoms with Gasteiger partial charge in [-0.15, -0.1) is 0 Å². The summed E-state index contributed by atoms with van der Waals surface area (Å²) in [6.45, 7) is 3.96. The lowest BCUT2D eigenvalue weighted by Crippen LogP contribution is -2.13. The van der Waals surface area contributed by atoms with Crippen LogP contribution in [0.1, 0.15) is 34.5 Å². The predicted molar refractivity (Wildman–Crippen MR) is 96.4 cm³/mol. The molecule has 0 aliphatic heterocycles. The zero-order valence-electron chi connectivity index (χ0n) is 13.8. The summed E-state index contributed by atoms with van der Waals surface area (Å²) in [5.74, 6) is -0.164. The molecule has 0 fully saturated rings. The first kappa shape index (κ1) is 16.0. The van der Waals surface area contributed by atoms with Gasteiger partial charge in [-0.3, -0.25) is 9.59 Å². The summed E-state index contributed by atoms with van der Waals surface area (Å²) in [5.41, 5.74) is 4.56. The number of Topliss-reactive ketones (excluding diaryl/α,β-unsaturated/α-hetero) is 1. The van der Waals surface area contributed by atoms with Crippen LogP contribution in [0.25, 0.3) is 10.9 Å². The molecule has 0 saturated carbocycles. The highest BCUT2D eigenvalue weighted by molar-refractivity contribution is 6.04. The number of benzene rings is 2. The molecule has 0 unspecified atom stereocenters. The second kappa shape index (κ2) is 6.71. The first-order valence-corrected chi connectivity index (χ1v) is 8.01. The van der Waals surface area contributed by atoms with E-state index in [1.165, 1.54) is 0 Å². The Hall–Kier alpha value is -2.88. The number of carbonyl (C=O) groups is 2. The molecule has 0 saturated heterocycles. The molecule has 1 heterocycles. The molecule has 0 aliphatic carbocycles. The van der Waals surface area contributed by atoms with Crippen molar-refractivity contribution in [1.82, 2.24) is 4.98 Å². The Morgan fingerprint density at radius 2 is 1.75 bits per heavy atom. The third-order valence-electron chi connectivity index (χ3n) is 4.03. The highest BCUT2D eigenvalue weighted by Gasteiger charge is 2.11. The molecule has 0 aliphatic rings. The molecule has 2 N–H and O–H groups in total. The van der Waals surface area contributed by atoms with Crippen LogP contribution in [0.15, 0.2) is 48.5 Å². The average Bonchev–Trinajstić information content (AvgIpc) is 2.95. The Kier molecular flexibility index (Phi) is 4.47. The van der Waals surface area contributed by atoms with Gasteiger partial charge in [0.05, 0.1) is 5.69 Å². The molecule has 0 spiro atoms. The van der Waals surface area contributed by atoms with E-state index in [2.05, 4.69) is 10.3 Å². The van der Waals surface area contributed by atoms with Gasteiger partial charge in [0.15, 0.2) is 5.78 Å². The lowest BCUT2D eigenvalue weighted by atomic mass is 10.0. The molecule has 24 heavy (non-hydrogen) atoms. The van der Waals surface area contributed by atoms with Gasteiger partial charge < -0.3 is 10.3 Å². The van der Waals surface area contributed by atoms with Gasteiger partial charge in [-0.05, 0) is 32.0 Å². The molecule has 2 aromatic carbocycles. The molecule has 3 rings (SSSR count). The number of H-pyrrole nitrogens is 1. The largest absolute Gasteiger partial charge is 0.359 e. The number of aromatic nitrogens is 1. The lowest BCUT2D eigenvalue weighted by molar-refractivity contribution is -0.116. The molecule has 0 atom stereocenters. The molecule has 122 valence electrons. The van der Waals surface area contributed by atoms with E-state index in [-0.39, 0.29) is 24.5 Å². The lowest BCUT2D eigenvalue weighted by Gasteiger charge is -2.06. The number of hydrogen-bond donors (Lipinski definition) is 2. The highest BCUT2D eigenvalue weighted by atomic mass is 16.2. The van der Waals surface area contributed by atoms with Gasteiger partial charge in [-0.25, -0.2) is 0 Å². The van der Waals surface area contributed by atoms with E-state index in [0.717, 1.165) is 27.8 Å². The van der Waals surface area contributed by atoms with Crippen molar-refractivity contribution >= 4 is 28.3 Å². The van der Waals surface area contributed by atoms with E-state index in [9.17, 15) is 9.59 Å². The Bertz CT molecular complexity index is 892. The van der Waals surface area contributed by atoms with Gasteiger partial charge in [-0.2, -0.15) is 0 Å². The molecule has 0 bridgehead atoms. The van der Waals surface area contributed by atoms with E-state index in [4.69, 9.17) is 0 Å². The van der Waals surface area contributed by atoms with Crippen LogP contribution in [0.2, 0.25) is 0 Å². The first-order valence-electron chi connectivity index (χ1n) is 8.01. The van der Waals surface area contributed by atoms with Crippen molar-refractivity contribution in [1.29, 1.82) is 0 Å². The second-order valence-corrected chi connectivity index (χ2v) is 6.06. The van der Waals surface area contributed by atoms with E-state index < -0.39 is 0 Å². The number of aryl methyl sites for hydroxylation is 2. The number of fused-ring (bicyclic) bond motifs is 1. The standard InChI is InChI=1S/C20H20N2O2/c1-13-6-8-15(9-7-13)19(23)10-11-20(24)22-18-5-3-4-17-16(18)12-14(2)21-17/h3-9,12,21H,10-11H2,1-2H3,(H,22,24). The Labute approximate surface area is 140 Å². The predicted octanol–water partition coefficient (Wildman–Crippen LogP) is 4.39.